The van der Waals surface area contributed by atoms with Crippen LogP contribution < -0.4 is 20.8 Å². The van der Waals surface area contributed by atoms with Crippen LogP contribution in [0.2, 0.25) is 0 Å². The van der Waals surface area contributed by atoms with Gasteiger partial charge in [-0.2, -0.15) is 5.10 Å². The summed E-state index contributed by atoms with van der Waals surface area (Å²) in [4.78, 5) is 11.8. The number of rotatable bonds is 3. The van der Waals surface area contributed by atoms with E-state index in [1.54, 1.807) is 12.3 Å². The number of nitrogens with zero attached hydrogens (tertiary/aromatic N) is 2. The van der Waals surface area contributed by atoms with Crippen LogP contribution >= 0.6 is 0 Å². The number of nitrogens with two attached hydrogens (primary N) is 1. The molecule has 3 rings (SSSR count). The van der Waals surface area contributed by atoms with Crippen molar-refractivity contribution in [3.05, 3.63) is 51.9 Å². The van der Waals surface area contributed by atoms with Gasteiger partial charge < -0.3 is 15.2 Å². The van der Waals surface area contributed by atoms with Gasteiger partial charge in [0.1, 0.15) is 0 Å². The highest BCUT2D eigenvalue weighted by atomic mass is 16.7. The molecule has 0 spiro atoms. The first kappa shape index (κ1) is 12.7. The van der Waals surface area contributed by atoms with Crippen molar-refractivity contribution < 1.29 is 9.47 Å². The van der Waals surface area contributed by atoms with Crippen LogP contribution in [0.4, 0.5) is 0 Å². The molecule has 1 aliphatic rings. The summed E-state index contributed by atoms with van der Waals surface area (Å²) in [6.07, 6.45) is 1.65. The maximum absolute atomic E-state index is 11.8. The predicted octanol–water partition coefficient (Wildman–Crippen LogP) is 0.980. The van der Waals surface area contributed by atoms with Crippen LogP contribution in [0.15, 0.2) is 35.3 Å². The molecule has 0 saturated heterocycles. The van der Waals surface area contributed by atoms with E-state index in [9.17, 15) is 4.79 Å². The maximum atomic E-state index is 11.8. The molecular weight excluding hydrogens is 258 g/mol. The van der Waals surface area contributed by atoms with Crippen LogP contribution in [0.3, 0.4) is 0 Å². The summed E-state index contributed by atoms with van der Waals surface area (Å²) in [6, 6.07) is 6.74. The average molecular weight is 273 g/mol. The van der Waals surface area contributed by atoms with Crippen molar-refractivity contribution in [1.29, 1.82) is 0 Å². The van der Waals surface area contributed by atoms with Crippen LogP contribution in [0.25, 0.3) is 0 Å². The molecule has 2 heterocycles. The summed E-state index contributed by atoms with van der Waals surface area (Å²) in [5, 5.41) is 4.08. The Morgan fingerprint density at radius 2 is 2.15 bits per heavy atom. The third-order valence-electron chi connectivity index (χ3n) is 3.20. The Morgan fingerprint density at radius 1 is 1.35 bits per heavy atom. The number of aromatic nitrogens is 2. The Hall–Kier alpha value is -2.34. The van der Waals surface area contributed by atoms with E-state index in [2.05, 4.69) is 5.10 Å². The third kappa shape index (κ3) is 2.37. The molecule has 1 unspecified atom stereocenters. The standard InChI is InChI=1S/C14H15N3O3/c1-9-4-14(18)17(16-6-9)7-11(15)10-2-3-12-13(5-10)20-8-19-12/h2-6,11H,7-8,15H2,1H3. The average Bonchev–Trinajstić information content (AvgIpc) is 2.89. The lowest BCUT2D eigenvalue weighted by molar-refractivity contribution is 0.174. The van der Waals surface area contributed by atoms with Crippen LogP contribution in [0, 0.1) is 6.92 Å². The molecule has 0 saturated carbocycles. The molecule has 2 aromatic rings. The van der Waals surface area contributed by atoms with Crippen molar-refractivity contribution in [3.63, 3.8) is 0 Å². The molecule has 2 N–H and O–H groups in total. The molecule has 1 aliphatic heterocycles. The zero-order valence-corrected chi connectivity index (χ0v) is 11.1. The first-order valence-corrected chi connectivity index (χ1v) is 6.32. The van der Waals surface area contributed by atoms with Gasteiger partial charge in [-0.15, -0.1) is 0 Å². The summed E-state index contributed by atoms with van der Waals surface area (Å²) in [6.45, 7) is 2.38. The molecule has 0 amide bonds. The number of aryl methyl sites for hydroxylation is 1. The first-order valence-electron chi connectivity index (χ1n) is 6.32. The van der Waals surface area contributed by atoms with E-state index in [1.165, 1.54) is 4.68 Å². The van der Waals surface area contributed by atoms with Gasteiger partial charge in [0.15, 0.2) is 11.5 Å². The topological polar surface area (TPSA) is 79.4 Å². The molecule has 1 aromatic heterocycles. The van der Waals surface area contributed by atoms with Gasteiger partial charge in [0.2, 0.25) is 6.79 Å². The predicted molar refractivity (Wildman–Crippen MR) is 72.7 cm³/mol. The van der Waals surface area contributed by atoms with E-state index in [-0.39, 0.29) is 18.4 Å². The zero-order chi connectivity index (χ0) is 14.1. The molecule has 0 fully saturated rings. The second kappa shape index (κ2) is 4.97. The molecule has 1 atom stereocenters. The number of hydrogen-bond donors (Lipinski definition) is 1. The fraction of sp³-hybridized carbons (Fsp3) is 0.286. The summed E-state index contributed by atoms with van der Waals surface area (Å²) in [7, 11) is 0. The van der Waals surface area contributed by atoms with Gasteiger partial charge in [0, 0.05) is 12.1 Å². The second-order valence-electron chi connectivity index (χ2n) is 4.77. The van der Waals surface area contributed by atoms with Crippen molar-refractivity contribution in [2.45, 2.75) is 19.5 Å². The van der Waals surface area contributed by atoms with E-state index in [4.69, 9.17) is 15.2 Å². The Morgan fingerprint density at radius 3 is 2.95 bits per heavy atom. The highest BCUT2D eigenvalue weighted by Crippen LogP contribution is 2.33. The third-order valence-corrected chi connectivity index (χ3v) is 3.20. The number of fused-ring (bicyclic) bond motifs is 1. The fourth-order valence-corrected chi connectivity index (χ4v) is 2.10. The number of ether oxygens (including phenoxy) is 2. The first-order chi connectivity index (χ1) is 9.63. The highest BCUT2D eigenvalue weighted by Gasteiger charge is 2.16. The van der Waals surface area contributed by atoms with Gasteiger partial charge in [-0.25, -0.2) is 4.68 Å². The van der Waals surface area contributed by atoms with Crippen molar-refractivity contribution in [2.75, 3.05) is 6.79 Å². The van der Waals surface area contributed by atoms with Crippen LogP contribution in [-0.2, 0) is 6.54 Å². The molecule has 0 radical (unpaired) electrons. The minimum Gasteiger partial charge on any atom is -0.454 e. The molecule has 0 bridgehead atoms. The molecule has 0 aliphatic carbocycles. The summed E-state index contributed by atoms with van der Waals surface area (Å²) < 4.78 is 11.9. The van der Waals surface area contributed by atoms with Crippen molar-refractivity contribution in [2.24, 2.45) is 5.73 Å². The van der Waals surface area contributed by atoms with Gasteiger partial charge in [0.05, 0.1) is 12.7 Å². The molecule has 6 nitrogen and oxygen atoms in total. The van der Waals surface area contributed by atoms with Gasteiger partial charge in [0.25, 0.3) is 5.56 Å². The molecule has 6 heteroatoms. The summed E-state index contributed by atoms with van der Waals surface area (Å²) in [5.74, 6) is 1.40. The van der Waals surface area contributed by atoms with Gasteiger partial charge in [-0.1, -0.05) is 6.07 Å². The Bertz CT molecular complexity index is 696. The van der Waals surface area contributed by atoms with Crippen LogP contribution in [0.1, 0.15) is 17.2 Å². The van der Waals surface area contributed by atoms with E-state index < -0.39 is 0 Å². The molecule has 20 heavy (non-hydrogen) atoms. The normalized spacial score (nSPS) is 14.3. The largest absolute Gasteiger partial charge is 0.454 e. The molecular formula is C14H15N3O3. The monoisotopic (exact) mass is 273 g/mol. The smallest absolute Gasteiger partial charge is 0.267 e. The van der Waals surface area contributed by atoms with Gasteiger partial charge in [-0.3, -0.25) is 4.79 Å². The number of hydrogen-bond acceptors (Lipinski definition) is 5. The minimum absolute atomic E-state index is 0.152. The van der Waals surface area contributed by atoms with Crippen molar-refractivity contribution in [3.8, 4) is 11.5 Å². The number of benzene rings is 1. The van der Waals surface area contributed by atoms with Gasteiger partial charge >= 0.3 is 0 Å². The Balaban J connectivity index is 1.82. The lowest BCUT2D eigenvalue weighted by Gasteiger charge is -2.13. The Labute approximate surface area is 115 Å². The lowest BCUT2D eigenvalue weighted by atomic mass is 10.1. The van der Waals surface area contributed by atoms with Crippen LogP contribution in [0.5, 0.6) is 11.5 Å². The van der Waals surface area contributed by atoms with E-state index in [0.29, 0.717) is 18.0 Å². The Kier molecular flexibility index (Phi) is 3.15. The van der Waals surface area contributed by atoms with Crippen molar-refractivity contribution in [1.82, 2.24) is 9.78 Å². The van der Waals surface area contributed by atoms with E-state index in [1.807, 2.05) is 25.1 Å². The quantitative estimate of drug-likeness (QED) is 0.901. The van der Waals surface area contributed by atoms with Crippen LogP contribution in [-0.4, -0.2) is 16.6 Å². The fourth-order valence-electron chi connectivity index (χ4n) is 2.10. The van der Waals surface area contributed by atoms with Gasteiger partial charge in [-0.05, 0) is 30.2 Å². The molecule has 104 valence electrons. The highest BCUT2D eigenvalue weighted by molar-refractivity contribution is 5.45. The summed E-state index contributed by atoms with van der Waals surface area (Å²) in [5.41, 5.74) is 7.69. The van der Waals surface area contributed by atoms with E-state index in [0.717, 1.165) is 11.1 Å². The molecule has 1 aromatic carbocycles. The lowest BCUT2D eigenvalue weighted by Crippen LogP contribution is -2.28. The SMILES string of the molecule is Cc1cnn(CC(N)c2ccc3c(c2)OCO3)c(=O)c1. The second-order valence-corrected chi connectivity index (χ2v) is 4.77. The van der Waals surface area contributed by atoms with Crippen molar-refractivity contribution >= 4 is 0 Å². The zero-order valence-electron chi connectivity index (χ0n) is 11.1. The summed E-state index contributed by atoms with van der Waals surface area (Å²) >= 11 is 0. The maximum Gasteiger partial charge on any atom is 0.267 e. The minimum atomic E-state index is -0.336. The van der Waals surface area contributed by atoms with E-state index >= 15 is 0 Å².